The first-order chi connectivity index (χ1) is 14.0. The van der Waals surface area contributed by atoms with Gasteiger partial charge in [-0.3, -0.25) is 4.79 Å². The van der Waals surface area contributed by atoms with Gasteiger partial charge in [-0.2, -0.15) is 0 Å². The van der Waals surface area contributed by atoms with Crippen LogP contribution in [0.4, 0.5) is 11.4 Å². The van der Waals surface area contributed by atoms with E-state index in [4.69, 9.17) is 16.3 Å². The third kappa shape index (κ3) is 5.87. The Morgan fingerprint density at radius 3 is 2.38 bits per heavy atom. The molecule has 1 aliphatic heterocycles. The highest BCUT2D eigenvalue weighted by Crippen LogP contribution is 2.30. The zero-order valence-corrected chi connectivity index (χ0v) is 18.2. The average molecular weight is 416 g/mol. The summed E-state index contributed by atoms with van der Waals surface area (Å²) in [7, 11) is 0. The lowest BCUT2D eigenvalue weighted by Crippen LogP contribution is -2.46. The quantitative estimate of drug-likeness (QED) is 0.707. The zero-order valence-electron chi connectivity index (χ0n) is 17.5. The van der Waals surface area contributed by atoms with Crippen LogP contribution < -0.4 is 15.0 Å². The predicted molar refractivity (Wildman–Crippen MR) is 121 cm³/mol. The van der Waals surface area contributed by atoms with E-state index in [1.165, 1.54) is 0 Å². The predicted octanol–water partition coefficient (Wildman–Crippen LogP) is 4.77. The number of carbonyl (C=O) groups is 1. The molecule has 1 heterocycles. The Labute approximate surface area is 178 Å². The number of hydrogen-bond donors (Lipinski definition) is 1. The van der Waals surface area contributed by atoms with Crippen LogP contribution in [0.5, 0.6) is 5.75 Å². The highest BCUT2D eigenvalue weighted by Gasteiger charge is 2.18. The molecule has 3 rings (SSSR count). The van der Waals surface area contributed by atoms with Crippen LogP contribution in [0, 0.1) is 5.92 Å². The number of carbonyl (C=O) groups excluding carboxylic acids is 1. The van der Waals surface area contributed by atoms with Gasteiger partial charge in [-0.1, -0.05) is 32.4 Å². The molecular formula is C23H30ClN3O2. The Kier molecular flexibility index (Phi) is 7.40. The van der Waals surface area contributed by atoms with Crippen molar-refractivity contribution in [2.24, 2.45) is 5.92 Å². The summed E-state index contributed by atoms with van der Waals surface area (Å²) in [5.41, 5.74) is 2.29. The van der Waals surface area contributed by atoms with Crippen molar-refractivity contribution in [3.05, 3.63) is 53.1 Å². The van der Waals surface area contributed by atoms with Gasteiger partial charge in [0.15, 0.2) is 0 Å². The average Bonchev–Trinajstić information content (AvgIpc) is 2.73. The number of piperazine rings is 1. The lowest BCUT2D eigenvalue weighted by molar-refractivity contribution is 0.102. The smallest absolute Gasteiger partial charge is 0.255 e. The molecule has 29 heavy (non-hydrogen) atoms. The maximum atomic E-state index is 12.5. The molecule has 0 unspecified atom stereocenters. The maximum Gasteiger partial charge on any atom is 0.255 e. The highest BCUT2D eigenvalue weighted by molar-refractivity contribution is 6.33. The zero-order chi connectivity index (χ0) is 20.8. The number of rotatable bonds is 7. The van der Waals surface area contributed by atoms with Crippen molar-refractivity contribution < 1.29 is 9.53 Å². The summed E-state index contributed by atoms with van der Waals surface area (Å²) in [5, 5.41) is 3.58. The minimum absolute atomic E-state index is 0.166. The number of benzene rings is 2. The first-order valence-electron chi connectivity index (χ1n) is 10.3. The van der Waals surface area contributed by atoms with Crippen molar-refractivity contribution in [1.29, 1.82) is 0 Å². The van der Waals surface area contributed by atoms with E-state index >= 15 is 0 Å². The molecule has 0 saturated carbocycles. The van der Waals surface area contributed by atoms with Gasteiger partial charge in [0.25, 0.3) is 5.91 Å². The number of hydrogen-bond acceptors (Lipinski definition) is 4. The Hall–Kier alpha value is -2.24. The third-order valence-corrected chi connectivity index (χ3v) is 5.37. The summed E-state index contributed by atoms with van der Waals surface area (Å²) >= 11 is 6.52. The summed E-state index contributed by atoms with van der Waals surface area (Å²) in [6.45, 7) is 12.1. The highest BCUT2D eigenvalue weighted by atomic mass is 35.5. The SMILES string of the molecule is CCN1CCN(c2ccc(NC(=O)c3ccc(OCC(C)C)cc3)cc2Cl)CC1. The lowest BCUT2D eigenvalue weighted by Gasteiger charge is -2.36. The van der Waals surface area contributed by atoms with E-state index in [2.05, 4.69) is 35.9 Å². The molecule has 0 spiro atoms. The Bertz CT molecular complexity index is 815. The molecule has 1 fully saturated rings. The number of likely N-dealkylation sites (N-methyl/N-ethyl adjacent to an activating group) is 1. The number of ether oxygens (including phenoxy) is 1. The van der Waals surface area contributed by atoms with Crippen LogP contribution in [0.3, 0.4) is 0 Å². The normalized spacial score (nSPS) is 14.9. The second-order valence-electron chi connectivity index (χ2n) is 7.77. The van der Waals surface area contributed by atoms with E-state index in [9.17, 15) is 4.79 Å². The summed E-state index contributed by atoms with van der Waals surface area (Å²) in [6.07, 6.45) is 0. The molecular weight excluding hydrogens is 386 g/mol. The Morgan fingerprint density at radius 2 is 1.79 bits per heavy atom. The number of anilines is 2. The molecule has 1 saturated heterocycles. The molecule has 6 heteroatoms. The molecule has 1 N–H and O–H groups in total. The summed E-state index contributed by atoms with van der Waals surface area (Å²) < 4.78 is 5.66. The summed E-state index contributed by atoms with van der Waals surface area (Å²) in [6, 6.07) is 12.9. The first kappa shape index (κ1) is 21.5. The fourth-order valence-electron chi connectivity index (χ4n) is 3.31. The van der Waals surface area contributed by atoms with E-state index in [0.29, 0.717) is 28.8 Å². The molecule has 0 bridgehead atoms. The van der Waals surface area contributed by atoms with E-state index in [1.807, 2.05) is 30.3 Å². The van der Waals surface area contributed by atoms with Gasteiger partial charge in [0.2, 0.25) is 0 Å². The van der Waals surface area contributed by atoms with Crippen LogP contribution in [0.1, 0.15) is 31.1 Å². The van der Waals surface area contributed by atoms with Crippen molar-refractivity contribution in [1.82, 2.24) is 4.90 Å². The molecule has 1 aliphatic rings. The molecule has 2 aromatic carbocycles. The van der Waals surface area contributed by atoms with Gasteiger partial charge >= 0.3 is 0 Å². The molecule has 0 atom stereocenters. The van der Waals surface area contributed by atoms with Gasteiger partial charge in [-0.05, 0) is 54.9 Å². The molecule has 0 aliphatic carbocycles. The molecule has 0 aromatic heterocycles. The summed E-state index contributed by atoms with van der Waals surface area (Å²) in [4.78, 5) is 17.3. The minimum atomic E-state index is -0.166. The molecule has 5 nitrogen and oxygen atoms in total. The van der Waals surface area contributed by atoms with Crippen molar-refractivity contribution >= 4 is 28.9 Å². The first-order valence-corrected chi connectivity index (χ1v) is 10.6. The fourth-order valence-corrected chi connectivity index (χ4v) is 3.61. The van der Waals surface area contributed by atoms with Gasteiger partial charge in [-0.25, -0.2) is 0 Å². The number of nitrogens with one attached hydrogen (secondary N) is 1. The molecule has 156 valence electrons. The van der Waals surface area contributed by atoms with Gasteiger partial charge in [0, 0.05) is 37.4 Å². The second kappa shape index (κ2) is 9.99. The third-order valence-electron chi connectivity index (χ3n) is 5.07. The second-order valence-corrected chi connectivity index (χ2v) is 8.18. The van der Waals surface area contributed by atoms with E-state index in [1.54, 1.807) is 12.1 Å². The minimum Gasteiger partial charge on any atom is -0.493 e. The van der Waals surface area contributed by atoms with Gasteiger partial charge in [-0.15, -0.1) is 0 Å². The number of halogens is 1. The largest absolute Gasteiger partial charge is 0.493 e. The van der Waals surface area contributed by atoms with Crippen LogP contribution in [0.2, 0.25) is 5.02 Å². The van der Waals surface area contributed by atoms with Crippen LogP contribution in [0.25, 0.3) is 0 Å². The van der Waals surface area contributed by atoms with Crippen molar-refractivity contribution in [3.63, 3.8) is 0 Å². The van der Waals surface area contributed by atoms with Gasteiger partial charge in [0.1, 0.15) is 5.75 Å². The van der Waals surface area contributed by atoms with Crippen LogP contribution >= 0.6 is 11.6 Å². The van der Waals surface area contributed by atoms with Crippen molar-refractivity contribution in [3.8, 4) is 5.75 Å². The van der Waals surface area contributed by atoms with Crippen molar-refractivity contribution in [2.45, 2.75) is 20.8 Å². The van der Waals surface area contributed by atoms with Gasteiger partial charge < -0.3 is 19.9 Å². The molecule has 1 amide bonds. The van der Waals surface area contributed by atoms with Crippen molar-refractivity contribution in [2.75, 3.05) is 49.5 Å². The number of amides is 1. The topological polar surface area (TPSA) is 44.8 Å². The number of nitrogens with zero attached hydrogens (tertiary/aromatic N) is 2. The Balaban J connectivity index is 1.60. The fraction of sp³-hybridized carbons (Fsp3) is 0.435. The van der Waals surface area contributed by atoms with E-state index < -0.39 is 0 Å². The Morgan fingerprint density at radius 1 is 1.10 bits per heavy atom. The van der Waals surface area contributed by atoms with Gasteiger partial charge in [0.05, 0.1) is 17.3 Å². The van der Waals surface area contributed by atoms with Crippen LogP contribution in [-0.4, -0.2) is 50.1 Å². The van der Waals surface area contributed by atoms with Crippen LogP contribution in [-0.2, 0) is 0 Å². The maximum absolute atomic E-state index is 12.5. The van der Waals surface area contributed by atoms with E-state index in [0.717, 1.165) is 44.2 Å². The van der Waals surface area contributed by atoms with E-state index in [-0.39, 0.29) is 5.91 Å². The van der Waals surface area contributed by atoms with Crippen LogP contribution in [0.15, 0.2) is 42.5 Å². The lowest BCUT2D eigenvalue weighted by atomic mass is 10.2. The summed E-state index contributed by atoms with van der Waals surface area (Å²) in [5.74, 6) is 1.06. The standard InChI is InChI=1S/C23H30ClN3O2/c1-4-26-11-13-27(14-12-26)22-10-7-19(15-21(22)24)25-23(28)18-5-8-20(9-6-18)29-16-17(2)3/h5-10,15,17H,4,11-14,16H2,1-3H3,(H,25,28). The molecule has 0 radical (unpaired) electrons. The molecule has 2 aromatic rings. The monoisotopic (exact) mass is 415 g/mol.